The minimum absolute atomic E-state index is 0.168. The Kier molecular flexibility index (Phi) is 3.57. The van der Waals surface area contributed by atoms with Gasteiger partial charge in [0, 0.05) is 7.05 Å². The van der Waals surface area contributed by atoms with Crippen molar-refractivity contribution in [3.05, 3.63) is 40.7 Å². The molecule has 0 fully saturated rings. The van der Waals surface area contributed by atoms with Crippen LogP contribution in [-0.4, -0.2) is 17.9 Å². The van der Waals surface area contributed by atoms with Gasteiger partial charge < -0.3 is 10.6 Å². The van der Waals surface area contributed by atoms with E-state index in [0.717, 1.165) is 0 Å². The van der Waals surface area contributed by atoms with Crippen LogP contribution >= 0.6 is 11.3 Å². The van der Waals surface area contributed by atoms with Gasteiger partial charge in [-0.2, -0.15) is 0 Å². The zero-order valence-electron chi connectivity index (χ0n) is 9.95. The molecule has 1 aromatic carbocycles. The Balaban J connectivity index is 2.22. The first-order chi connectivity index (χ1) is 8.61. The first-order valence-electron chi connectivity index (χ1n) is 5.33. The number of halogens is 1. The average Bonchev–Trinajstić information content (AvgIpc) is 2.73. The Labute approximate surface area is 108 Å². The van der Waals surface area contributed by atoms with Gasteiger partial charge in [-0.1, -0.05) is 23.5 Å². The van der Waals surface area contributed by atoms with Crippen LogP contribution in [0.4, 0.5) is 15.2 Å². The van der Waals surface area contributed by atoms with E-state index in [1.54, 1.807) is 26.1 Å². The highest BCUT2D eigenvalue weighted by Gasteiger charge is 2.16. The van der Waals surface area contributed by atoms with E-state index in [-0.39, 0.29) is 11.6 Å². The molecular formula is C12H12FN3OS. The Morgan fingerprint density at radius 1 is 1.39 bits per heavy atom. The molecule has 0 aliphatic carbocycles. The number of aryl methyl sites for hydroxylation is 1. The molecule has 1 heterocycles. The first-order valence-corrected chi connectivity index (χ1v) is 6.14. The number of rotatable bonds is 3. The van der Waals surface area contributed by atoms with E-state index >= 15 is 0 Å². The number of aromatic nitrogens is 1. The number of thiazole rings is 1. The van der Waals surface area contributed by atoms with Crippen molar-refractivity contribution in [3.8, 4) is 0 Å². The number of hydrogen-bond acceptors (Lipinski definition) is 4. The van der Waals surface area contributed by atoms with Crippen LogP contribution < -0.4 is 10.6 Å². The fourth-order valence-corrected chi connectivity index (χ4v) is 2.27. The molecule has 0 aliphatic rings. The molecule has 0 saturated heterocycles. The topological polar surface area (TPSA) is 54.0 Å². The van der Waals surface area contributed by atoms with E-state index < -0.39 is 5.82 Å². The third kappa shape index (κ3) is 2.48. The number of hydrogen-bond donors (Lipinski definition) is 2. The second-order valence-corrected chi connectivity index (χ2v) is 4.62. The molecular weight excluding hydrogens is 253 g/mol. The minimum atomic E-state index is -0.457. The highest BCUT2D eigenvalue weighted by atomic mass is 32.1. The van der Waals surface area contributed by atoms with E-state index in [1.807, 2.05) is 0 Å². The van der Waals surface area contributed by atoms with Crippen LogP contribution in [0.3, 0.4) is 0 Å². The molecule has 0 radical (unpaired) electrons. The Morgan fingerprint density at radius 3 is 2.72 bits per heavy atom. The third-order valence-corrected chi connectivity index (χ3v) is 3.51. The maximum absolute atomic E-state index is 13.4. The van der Waals surface area contributed by atoms with Crippen LogP contribution in [-0.2, 0) is 0 Å². The summed E-state index contributed by atoms with van der Waals surface area (Å²) in [5, 5.41) is 6.06. The van der Waals surface area contributed by atoms with Crippen molar-refractivity contribution < 1.29 is 9.18 Å². The highest BCUT2D eigenvalue weighted by molar-refractivity contribution is 7.17. The summed E-state index contributed by atoms with van der Waals surface area (Å²) in [7, 11) is 1.73. The van der Waals surface area contributed by atoms with Crippen LogP contribution in [0, 0.1) is 12.7 Å². The van der Waals surface area contributed by atoms with Gasteiger partial charge in [-0.3, -0.25) is 4.79 Å². The summed E-state index contributed by atoms with van der Waals surface area (Å²) in [5.41, 5.74) is 0.791. The Hall–Kier alpha value is -1.95. The van der Waals surface area contributed by atoms with Crippen LogP contribution in [0.1, 0.15) is 15.4 Å². The average molecular weight is 265 g/mol. The van der Waals surface area contributed by atoms with Crippen molar-refractivity contribution >= 4 is 28.1 Å². The van der Waals surface area contributed by atoms with Gasteiger partial charge in [-0.15, -0.1) is 0 Å². The lowest BCUT2D eigenvalue weighted by molar-refractivity contribution is 0.102. The normalized spacial score (nSPS) is 10.2. The zero-order valence-corrected chi connectivity index (χ0v) is 10.8. The number of nitrogens with zero attached hydrogens (tertiary/aromatic N) is 1. The predicted octanol–water partition coefficient (Wildman–Crippen LogP) is 2.88. The maximum Gasteiger partial charge on any atom is 0.267 e. The van der Waals surface area contributed by atoms with Crippen molar-refractivity contribution in [3.63, 3.8) is 0 Å². The summed E-state index contributed by atoms with van der Waals surface area (Å²) >= 11 is 1.24. The first kappa shape index (κ1) is 12.5. The van der Waals surface area contributed by atoms with Gasteiger partial charge in [0.2, 0.25) is 0 Å². The Bertz CT molecular complexity index is 582. The predicted molar refractivity (Wildman–Crippen MR) is 70.8 cm³/mol. The van der Waals surface area contributed by atoms with Crippen molar-refractivity contribution in [2.75, 3.05) is 17.7 Å². The van der Waals surface area contributed by atoms with Gasteiger partial charge in [0.1, 0.15) is 10.7 Å². The molecule has 94 valence electrons. The van der Waals surface area contributed by atoms with Gasteiger partial charge in [-0.25, -0.2) is 9.37 Å². The molecule has 0 atom stereocenters. The second-order valence-electron chi connectivity index (χ2n) is 3.62. The van der Waals surface area contributed by atoms with Crippen molar-refractivity contribution in [2.45, 2.75) is 6.92 Å². The molecule has 2 aromatic rings. The van der Waals surface area contributed by atoms with Gasteiger partial charge >= 0.3 is 0 Å². The molecule has 0 saturated carbocycles. The van der Waals surface area contributed by atoms with Crippen LogP contribution in [0.5, 0.6) is 0 Å². The lowest BCUT2D eigenvalue weighted by atomic mass is 10.3. The fourth-order valence-electron chi connectivity index (χ4n) is 1.46. The number of benzene rings is 1. The molecule has 1 amide bonds. The molecule has 0 aliphatic heterocycles. The largest absolute Gasteiger partial charge is 0.365 e. The van der Waals surface area contributed by atoms with E-state index in [9.17, 15) is 9.18 Å². The summed E-state index contributed by atoms with van der Waals surface area (Å²) in [6.07, 6.45) is 0. The highest BCUT2D eigenvalue weighted by Crippen LogP contribution is 2.23. The molecule has 0 spiro atoms. The smallest absolute Gasteiger partial charge is 0.267 e. The van der Waals surface area contributed by atoms with Crippen molar-refractivity contribution in [1.82, 2.24) is 4.98 Å². The summed E-state index contributed by atoms with van der Waals surface area (Å²) in [6.45, 7) is 1.74. The van der Waals surface area contributed by atoms with Gasteiger partial charge in [0.05, 0.1) is 11.4 Å². The van der Waals surface area contributed by atoms with E-state index in [2.05, 4.69) is 15.6 Å². The molecule has 2 rings (SSSR count). The standard InChI is InChI=1S/C12H12FN3OS/c1-7-10(18-12(14-2)15-7)11(17)16-9-6-4-3-5-8(9)13/h3-6H,1-2H3,(H,14,15)(H,16,17). The second kappa shape index (κ2) is 5.14. The third-order valence-electron chi connectivity index (χ3n) is 2.34. The van der Waals surface area contributed by atoms with Crippen LogP contribution in [0.2, 0.25) is 0 Å². The summed E-state index contributed by atoms with van der Waals surface area (Å²) < 4.78 is 13.4. The summed E-state index contributed by atoms with van der Waals surface area (Å²) in [6, 6.07) is 6.05. The number of para-hydroxylation sites is 1. The number of amides is 1. The molecule has 6 heteroatoms. The van der Waals surface area contributed by atoms with E-state index in [1.165, 1.54) is 23.5 Å². The lowest BCUT2D eigenvalue weighted by Gasteiger charge is -2.04. The van der Waals surface area contributed by atoms with Gasteiger partial charge in [0.25, 0.3) is 5.91 Å². The fraction of sp³-hybridized carbons (Fsp3) is 0.167. The minimum Gasteiger partial charge on any atom is -0.365 e. The quantitative estimate of drug-likeness (QED) is 0.897. The van der Waals surface area contributed by atoms with Crippen LogP contribution in [0.15, 0.2) is 24.3 Å². The molecule has 0 unspecified atom stereocenters. The molecule has 0 bridgehead atoms. The monoisotopic (exact) mass is 265 g/mol. The number of carbonyl (C=O) groups is 1. The van der Waals surface area contributed by atoms with Gasteiger partial charge in [0.15, 0.2) is 5.13 Å². The molecule has 1 aromatic heterocycles. The number of anilines is 2. The number of nitrogens with one attached hydrogen (secondary N) is 2. The number of carbonyl (C=O) groups excluding carboxylic acids is 1. The SMILES string of the molecule is CNc1nc(C)c(C(=O)Nc2ccccc2F)s1. The van der Waals surface area contributed by atoms with Crippen LogP contribution in [0.25, 0.3) is 0 Å². The molecule has 4 nitrogen and oxygen atoms in total. The molecule has 2 N–H and O–H groups in total. The van der Waals surface area contributed by atoms with Crippen molar-refractivity contribution in [1.29, 1.82) is 0 Å². The van der Waals surface area contributed by atoms with E-state index in [4.69, 9.17) is 0 Å². The summed E-state index contributed by atoms with van der Waals surface area (Å²) in [4.78, 5) is 16.6. The zero-order chi connectivity index (χ0) is 13.1. The lowest BCUT2D eigenvalue weighted by Crippen LogP contribution is -2.12. The maximum atomic E-state index is 13.4. The van der Waals surface area contributed by atoms with Crippen molar-refractivity contribution in [2.24, 2.45) is 0 Å². The summed E-state index contributed by atoms with van der Waals surface area (Å²) in [5.74, 6) is -0.807. The Morgan fingerprint density at radius 2 is 2.11 bits per heavy atom. The molecule has 18 heavy (non-hydrogen) atoms. The van der Waals surface area contributed by atoms with Gasteiger partial charge in [-0.05, 0) is 19.1 Å². The van der Waals surface area contributed by atoms with E-state index in [0.29, 0.717) is 15.7 Å².